The van der Waals surface area contributed by atoms with Crippen molar-refractivity contribution in [2.45, 2.75) is 45.6 Å². The number of carbonyl (C=O) groups is 1. The zero-order valence-corrected chi connectivity index (χ0v) is 21.3. The van der Waals surface area contributed by atoms with Gasteiger partial charge in [-0.1, -0.05) is 22.9 Å². The number of anilines is 1. The third-order valence-electron chi connectivity index (χ3n) is 5.79. The average Bonchev–Trinajstić information content (AvgIpc) is 3.11. The third kappa shape index (κ3) is 5.41. The van der Waals surface area contributed by atoms with Crippen LogP contribution in [0.5, 0.6) is 5.75 Å². The third-order valence-corrected chi connectivity index (χ3v) is 7.78. The second-order valence-corrected chi connectivity index (χ2v) is 10.2. The Kier molecular flexibility index (Phi) is 7.66. The van der Waals surface area contributed by atoms with Crippen molar-refractivity contribution in [3.63, 3.8) is 0 Å². The maximum Gasteiger partial charge on any atom is 0.264 e. The van der Waals surface area contributed by atoms with Crippen molar-refractivity contribution in [2.75, 3.05) is 25.0 Å². The fourth-order valence-corrected chi connectivity index (χ4v) is 5.46. The molecular formula is C25H31N3O5S. The number of ether oxygens (including phenoxy) is 1. The van der Waals surface area contributed by atoms with Crippen LogP contribution in [0.15, 0.2) is 51.9 Å². The number of hydrogen-bond donors (Lipinski definition) is 0. The highest BCUT2D eigenvalue weighted by molar-refractivity contribution is 7.92. The number of hydrogen-bond acceptors (Lipinski definition) is 6. The van der Waals surface area contributed by atoms with Crippen molar-refractivity contribution >= 4 is 21.6 Å². The smallest absolute Gasteiger partial charge is 0.264 e. The summed E-state index contributed by atoms with van der Waals surface area (Å²) in [7, 11) is -0.676. The summed E-state index contributed by atoms with van der Waals surface area (Å²) in [6.45, 7) is 7.65. The first-order chi connectivity index (χ1) is 16.0. The Labute approximate surface area is 201 Å². The van der Waals surface area contributed by atoms with Gasteiger partial charge in [-0.25, -0.2) is 8.42 Å². The topological polar surface area (TPSA) is 92.9 Å². The lowest BCUT2D eigenvalue weighted by molar-refractivity contribution is -0.130. The van der Waals surface area contributed by atoms with Gasteiger partial charge in [0.25, 0.3) is 10.0 Å². The molecule has 2 aromatic carbocycles. The van der Waals surface area contributed by atoms with E-state index in [9.17, 15) is 13.2 Å². The lowest BCUT2D eigenvalue weighted by Gasteiger charge is -2.26. The second-order valence-electron chi connectivity index (χ2n) is 8.35. The van der Waals surface area contributed by atoms with E-state index < -0.39 is 10.0 Å². The van der Waals surface area contributed by atoms with Crippen molar-refractivity contribution in [3.8, 4) is 5.75 Å². The number of aromatic nitrogens is 1. The van der Waals surface area contributed by atoms with Gasteiger partial charge in [0.05, 0.1) is 29.9 Å². The first-order valence-electron chi connectivity index (χ1n) is 10.9. The standard InChI is InChI=1S/C25H31N3O5S/c1-17-7-12-24(18(2)15-17)34(30,31)28(21-8-10-22(32-6)11-9-21)14-13-25(29)27(5)16-23-19(3)26-33-20(23)4/h7-12,15H,13-14,16H2,1-6H3. The summed E-state index contributed by atoms with van der Waals surface area (Å²) in [5.74, 6) is 1.09. The van der Waals surface area contributed by atoms with Crippen molar-refractivity contribution in [2.24, 2.45) is 0 Å². The van der Waals surface area contributed by atoms with Crippen LogP contribution in [0.25, 0.3) is 0 Å². The maximum atomic E-state index is 13.7. The van der Waals surface area contributed by atoms with Gasteiger partial charge < -0.3 is 14.2 Å². The van der Waals surface area contributed by atoms with Gasteiger partial charge in [-0.05, 0) is 63.6 Å². The van der Waals surface area contributed by atoms with Crippen LogP contribution in [0.4, 0.5) is 5.69 Å². The minimum Gasteiger partial charge on any atom is -0.497 e. The van der Waals surface area contributed by atoms with Crippen molar-refractivity contribution in [3.05, 3.63) is 70.6 Å². The Morgan fingerprint density at radius 2 is 1.74 bits per heavy atom. The molecule has 9 heteroatoms. The van der Waals surface area contributed by atoms with Gasteiger partial charge >= 0.3 is 0 Å². The molecule has 34 heavy (non-hydrogen) atoms. The Bertz CT molecular complexity index is 1250. The first kappa shape index (κ1) is 25.3. The summed E-state index contributed by atoms with van der Waals surface area (Å²) < 4.78 is 39.1. The molecule has 8 nitrogen and oxygen atoms in total. The molecule has 0 bridgehead atoms. The minimum absolute atomic E-state index is 0.00719. The molecule has 0 fully saturated rings. The SMILES string of the molecule is COc1ccc(N(CCC(=O)N(C)Cc2c(C)noc2C)S(=O)(=O)c2ccc(C)cc2C)cc1. The molecule has 0 atom stereocenters. The summed E-state index contributed by atoms with van der Waals surface area (Å²) in [5, 5.41) is 3.93. The van der Waals surface area contributed by atoms with Crippen LogP contribution in [0, 0.1) is 27.7 Å². The van der Waals surface area contributed by atoms with E-state index in [-0.39, 0.29) is 23.8 Å². The minimum atomic E-state index is -3.91. The summed E-state index contributed by atoms with van der Waals surface area (Å²) in [5.41, 5.74) is 3.67. The highest BCUT2D eigenvalue weighted by atomic mass is 32.2. The van der Waals surface area contributed by atoms with E-state index in [1.165, 1.54) is 4.31 Å². The van der Waals surface area contributed by atoms with E-state index in [4.69, 9.17) is 9.26 Å². The summed E-state index contributed by atoms with van der Waals surface area (Å²) >= 11 is 0. The number of carbonyl (C=O) groups excluding carboxylic acids is 1. The van der Waals surface area contributed by atoms with Crippen LogP contribution in [0.2, 0.25) is 0 Å². The predicted molar refractivity (Wildman–Crippen MR) is 131 cm³/mol. The molecule has 0 spiro atoms. The Hall–Kier alpha value is -3.33. The Balaban J connectivity index is 1.87. The van der Waals surface area contributed by atoms with Crippen LogP contribution in [0.1, 0.15) is 34.6 Å². The summed E-state index contributed by atoms with van der Waals surface area (Å²) in [4.78, 5) is 14.7. The van der Waals surface area contributed by atoms with Gasteiger partial charge in [0.15, 0.2) is 0 Å². The molecule has 0 radical (unpaired) electrons. The van der Waals surface area contributed by atoms with Gasteiger partial charge in [0.1, 0.15) is 11.5 Å². The highest BCUT2D eigenvalue weighted by Gasteiger charge is 2.28. The summed E-state index contributed by atoms with van der Waals surface area (Å²) in [6, 6.07) is 12.0. The van der Waals surface area contributed by atoms with Gasteiger partial charge in [-0.3, -0.25) is 9.10 Å². The zero-order valence-electron chi connectivity index (χ0n) is 20.5. The van der Waals surface area contributed by atoms with E-state index >= 15 is 0 Å². The fraction of sp³-hybridized carbons (Fsp3) is 0.360. The largest absolute Gasteiger partial charge is 0.497 e. The second kappa shape index (κ2) is 10.3. The molecule has 0 unspecified atom stereocenters. The Morgan fingerprint density at radius 1 is 1.06 bits per heavy atom. The number of amides is 1. The normalized spacial score (nSPS) is 11.4. The number of nitrogens with zero attached hydrogens (tertiary/aromatic N) is 3. The van der Waals surface area contributed by atoms with Crippen LogP contribution in [0.3, 0.4) is 0 Å². The molecule has 1 aromatic heterocycles. The predicted octanol–water partition coefficient (Wildman–Crippen LogP) is 4.16. The van der Waals surface area contributed by atoms with E-state index in [2.05, 4.69) is 5.16 Å². The molecule has 0 aliphatic rings. The molecule has 3 aromatic rings. The number of sulfonamides is 1. The monoisotopic (exact) mass is 485 g/mol. The molecule has 0 aliphatic carbocycles. The van der Waals surface area contributed by atoms with Crippen LogP contribution in [-0.2, 0) is 21.4 Å². The zero-order chi connectivity index (χ0) is 25.0. The Morgan fingerprint density at radius 3 is 2.29 bits per heavy atom. The molecule has 1 heterocycles. The molecular weight excluding hydrogens is 454 g/mol. The van der Waals surface area contributed by atoms with Crippen LogP contribution < -0.4 is 9.04 Å². The van der Waals surface area contributed by atoms with Gasteiger partial charge in [0.2, 0.25) is 5.91 Å². The maximum absolute atomic E-state index is 13.7. The first-order valence-corrected chi connectivity index (χ1v) is 12.4. The molecule has 1 amide bonds. The van der Waals surface area contributed by atoms with Gasteiger partial charge in [0, 0.05) is 25.6 Å². The average molecular weight is 486 g/mol. The molecule has 0 saturated carbocycles. The summed E-state index contributed by atoms with van der Waals surface area (Å²) in [6.07, 6.45) is 0.00996. The molecule has 0 N–H and O–H groups in total. The van der Waals surface area contributed by atoms with E-state index in [0.717, 1.165) is 16.8 Å². The van der Waals surface area contributed by atoms with E-state index in [1.54, 1.807) is 69.3 Å². The van der Waals surface area contributed by atoms with Gasteiger partial charge in [-0.2, -0.15) is 0 Å². The van der Waals surface area contributed by atoms with Gasteiger partial charge in [-0.15, -0.1) is 0 Å². The fourth-order valence-electron chi connectivity index (χ4n) is 3.79. The van der Waals surface area contributed by atoms with Crippen molar-refractivity contribution < 1.29 is 22.5 Å². The van der Waals surface area contributed by atoms with Crippen LogP contribution >= 0.6 is 0 Å². The number of benzene rings is 2. The lowest BCUT2D eigenvalue weighted by atomic mass is 10.2. The van der Waals surface area contributed by atoms with Crippen molar-refractivity contribution in [1.82, 2.24) is 10.1 Å². The molecule has 182 valence electrons. The highest BCUT2D eigenvalue weighted by Crippen LogP contribution is 2.28. The molecule has 0 aliphatic heterocycles. The number of methoxy groups -OCH3 is 1. The quantitative estimate of drug-likeness (QED) is 0.452. The van der Waals surface area contributed by atoms with E-state index in [1.807, 2.05) is 19.9 Å². The van der Waals surface area contributed by atoms with E-state index in [0.29, 0.717) is 29.3 Å². The lowest BCUT2D eigenvalue weighted by Crippen LogP contribution is -2.36. The molecule has 0 saturated heterocycles. The number of aryl methyl sites for hydroxylation is 4. The van der Waals surface area contributed by atoms with Crippen LogP contribution in [-0.4, -0.2) is 45.1 Å². The number of rotatable bonds is 9. The van der Waals surface area contributed by atoms with Crippen molar-refractivity contribution in [1.29, 1.82) is 0 Å². The molecule has 3 rings (SSSR count).